The molecule has 2 amide bonds. The smallest absolute Gasteiger partial charge is 0.244 e. The monoisotopic (exact) mass is 543 g/mol. The van der Waals surface area contributed by atoms with E-state index in [1.165, 1.54) is 11.8 Å². The van der Waals surface area contributed by atoms with Crippen molar-refractivity contribution < 1.29 is 27.5 Å². The number of hydrogen-bond acceptors (Lipinski definition) is 6. The average molecular weight is 544 g/mol. The van der Waals surface area contributed by atoms with Gasteiger partial charge in [0.15, 0.2) is 11.5 Å². The predicted molar refractivity (Wildman–Crippen MR) is 146 cm³/mol. The van der Waals surface area contributed by atoms with Crippen molar-refractivity contribution in [2.24, 2.45) is 0 Å². The van der Waals surface area contributed by atoms with E-state index in [0.29, 0.717) is 23.6 Å². The third kappa shape index (κ3) is 6.23. The summed E-state index contributed by atoms with van der Waals surface area (Å²) < 4.78 is 38.3. The summed E-state index contributed by atoms with van der Waals surface area (Å²) >= 11 is 0. The average Bonchev–Trinajstić information content (AvgIpc) is 3.59. The van der Waals surface area contributed by atoms with E-state index >= 15 is 0 Å². The number of anilines is 1. The van der Waals surface area contributed by atoms with Crippen LogP contribution in [0.4, 0.5) is 5.69 Å². The summed E-state index contributed by atoms with van der Waals surface area (Å²) in [6.45, 7) is 5.18. The van der Waals surface area contributed by atoms with Crippen molar-refractivity contribution in [2.75, 3.05) is 23.4 Å². The molecule has 0 unspecified atom stereocenters. The molecule has 1 heterocycles. The van der Waals surface area contributed by atoms with Gasteiger partial charge in [0, 0.05) is 18.7 Å². The molecule has 1 aliphatic heterocycles. The fourth-order valence-electron chi connectivity index (χ4n) is 5.02. The Bertz CT molecular complexity index is 1260. The topological polar surface area (TPSA) is 105 Å². The highest BCUT2D eigenvalue weighted by Gasteiger charge is 2.34. The molecule has 2 aromatic rings. The maximum Gasteiger partial charge on any atom is 0.244 e. The minimum atomic E-state index is -3.82. The third-order valence-corrected chi connectivity index (χ3v) is 9.05. The quantitative estimate of drug-likeness (QED) is 0.463. The fraction of sp³-hybridized carbons (Fsp3) is 0.500. The molecule has 0 saturated heterocycles. The lowest BCUT2D eigenvalue weighted by atomic mass is 10.1. The molecular formula is C28H37N3O6S. The van der Waals surface area contributed by atoms with E-state index in [2.05, 4.69) is 5.32 Å². The van der Waals surface area contributed by atoms with Crippen LogP contribution >= 0.6 is 0 Å². The van der Waals surface area contributed by atoms with Gasteiger partial charge in [0.25, 0.3) is 0 Å². The number of carbonyl (C=O) groups excluding carboxylic acids is 2. The molecule has 1 atom stereocenters. The summed E-state index contributed by atoms with van der Waals surface area (Å²) in [4.78, 5) is 28.9. The van der Waals surface area contributed by atoms with E-state index in [0.717, 1.165) is 41.1 Å². The van der Waals surface area contributed by atoms with Crippen molar-refractivity contribution in [1.82, 2.24) is 10.2 Å². The third-order valence-electron chi connectivity index (χ3n) is 7.31. The first-order chi connectivity index (χ1) is 18.2. The van der Waals surface area contributed by atoms with Gasteiger partial charge in [0.2, 0.25) is 28.6 Å². The molecule has 0 bridgehead atoms. The summed E-state index contributed by atoms with van der Waals surface area (Å²) in [6.07, 6.45) is 4.42. The second-order valence-corrected chi connectivity index (χ2v) is 12.0. The molecule has 0 radical (unpaired) electrons. The van der Waals surface area contributed by atoms with E-state index in [-0.39, 0.29) is 31.0 Å². The number of nitrogens with one attached hydrogen (secondary N) is 1. The second kappa shape index (κ2) is 12.1. The molecule has 1 N–H and O–H groups in total. The van der Waals surface area contributed by atoms with E-state index in [1.54, 1.807) is 18.2 Å². The van der Waals surface area contributed by atoms with Crippen LogP contribution in [0.25, 0.3) is 0 Å². The van der Waals surface area contributed by atoms with Crippen molar-refractivity contribution in [3.8, 4) is 11.5 Å². The summed E-state index contributed by atoms with van der Waals surface area (Å²) in [5.74, 6) is 0.104. The molecule has 206 valence electrons. The molecule has 2 aliphatic rings. The minimum absolute atomic E-state index is 0.0523. The number of amides is 2. The Morgan fingerprint density at radius 3 is 2.45 bits per heavy atom. The SMILES string of the molecule is CC[C@H](C(=O)NC1CCCC1)N(Cc1ccccc1C)C(=O)CN(c1ccc2c(c1)OCO2)S(=O)(=O)CC. The second-order valence-electron chi connectivity index (χ2n) is 9.81. The Morgan fingerprint density at radius 2 is 1.76 bits per heavy atom. The standard InChI is InChI=1S/C28H37N3O6S/c1-4-24(28(33)29-22-12-8-9-13-22)30(17-21-11-7-6-10-20(21)3)27(32)18-31(38(34,35)5-2)23-14-15-25-26(16-23)37-19-36-25/h6-7,10-11,14-16,22,24H,4-5,8-9,12-13,17-19H2,1-3H3,(H,29,33)/t24-/m1/s1. The van der Waals surface area contributed by atoms with Gasteiger partial charge in [-0.15, -0.1) is 0 Å². The zero-order valence-corrected chi connectivity index (χ0v) is 23.1. The van der Waals surface area contributed by atoms with Crippen molar-refractivity contribution in [2.45, 2.75) is 71.5 Å². The molecule has 1 saturated carbocycles. The Hall–Kier alpha value is -3.27. The Balaban J connectivity index is 1.65. The van der Waals surface area contributed by atoms with E-state index in [4.69, 9.17) is 9.47 Å². The molecular weight excluding hydrogens is 506 g/mol. The van der Waals surface area contributed by atoms with Gasteiger partial charge in [0.1, 0.15) is 12.6 Å². The van der Waals surface area contributed by atoms with Crippen molar-refractivity contribution in [3.63, 3.8) is 0 Å². The number of aryl methyl sites for hydroxylation is 1. The number of hydrogen-bond donors (Lipinski definition) is 1. The van der Waals surface area contributed by atoms with Gasteiger partial charge in [-0.1, -0.05) is 44.0 Å². The Kier molecular flexibility index (Phi) is 8.81. The highest BCUT2D eigenvalue weighted by atomic mass is 32.2. The van der Waals surface area contributed by atoms with Crippen LogP contribution in [0.3, 0.4) is 0 Å². The van der Waals surface area contributed by atoms with Gasteiger partial charge in [0.05, 0.1) is 11.4 Å². The predicted octanol–water partition coefficient (Wildman–Crippen LogP) is 3.75. The first-order valence-electron chi connectivity index (χ1n) is 13.3. The van der Waals surface area contributed by atoms with Crippen molar-refractivity contribution in [3.05, 3.63) is 53.6 Å². The first kappa shape index (κ1) is 27.8. The lowest BCUT2D eigenvalue weighted by molar-refractivity contribution is -0.140. The fourth-order valence-corrected chi connectivity index (χ4v) is 6.07. The van der Waals surface area contributed by atoms with Crippen molar-refractivity contribution >= 4 is 27.5 Å². The number of ether oxygens (including phenoxy) is 2. The van der Waals surface area contributed by atoms with E-state index < -0.39 is 28.5 Å². The number of benzene rings is 2. The van der Waals surface area contributed by atoms with Gasteiger partial charge < -0.3 is 19.7 Å². The van der Waals surface area contributed by atoms with Crippen LogP contribution < -0.4 is 19.1 Å². The highest BCUT2D eigenvalue weighted by Crippen LogP contribution is 2.36. The maximum absolute atomic E-state index is 14.0. The maximum atomic E-state index is 14.0. The molecule has 4 rings (SSSR count). The van der Waals surface area contributed by atoms with Gasteiger partial charge in [-0.25, -0.2) is 8.42 Å². The minimum Gasteiger partial charge on any atom is -0.454 e. The normalized spacial score (nSPS) is 15.8. The van der Waals surface area contributed by atoms with Crippen LogP contribution in [-0.2, 0) is 26.2 Å². The first-order valence-corrected chi connectivity index (χ1v) is 14.9. The van der Waals surface area contributed by atoms with E-state index in [9.17, 15) is 18.0 Å². The highest BCUT2D eigenvalue weighted by molar-refractivity contribution is 7.92. The van der Waals surface area contributed by atoms with Crippen LogP contribution in [0.15, 0.2) is 42.5 Å². The lowest BCUT2D eigenvalue weighted by Crippen LogP contribution is -2.53. The lowest BCUT2D eigenvalue weighted by Gasteiger charge is -2.34. The summed E-state index contributed by atoms with van der Waals surface area (Å²) in [6, 6.07) is 11.9. The molecule has 9 nitrogen and oxygen atoms in total. The number of rotatable bonds is 11. The van der Waals surface area contributed by atoms with Gasteiger partial charge in [-0.05, 0) is 56.4 Å². The molecule has 0 spiro atoms. The van der Waals surface area contributed by atoms with Gasteiger partial charge in [-0.3, -0.25) is 13.9 Å². The largest absolute Gasteiger partial charge is 0.454 e. The molecule has 0 aromatic heterocycles. The molecule has 1 aliphatic carbocycles. The van der Waals surface area contributed by atoms with Crippen LogP contribution in [0.1, 0.15) is 57.1 Å². The zero-order chi connectivity index (χ0) is 27.3. The Labute approximate surface area is 225 Å². The van der Waals surface area contributed by atoms with Crippen molar-refractivity contribution in [1.29, 1.82) is 0 Å². The molecule has 2 aromatic carbocycles. The van der Waals surface area contributed by atoms with Crippen LogP contribution in [0.2, 0.25) is 0 Å². The molecule has 1 fully saturated rings. The van der Waals surface area contributed by atoms with Gasteiger partial charge >= 0.3 is 0 Å². The summed E-state index contributed by atoms with van der Waals surface area (Å²) in [5, 5.41) is 3.13. The van der Waals surface area contributed by atoms with E-state index in [1.807, 2.05) is 38.1 Å². The van der Waals surface area contributed by atoms with Crippen LogP contribution in [-0.4, -0.2) is 56.3 Å². The zero-order valence-electron chi connectivity index (χ0n) is 22.3. The van der Waals surface area contributed by atoms with Crippen LogP contribution in [0.5, 0.6) is 11.5 Å². The summed E-state index contributed by atoms with van der Waals surface area (Å²) in [5.41, 5.74) is 2.20. The van der Waals surface area contributed by atoms with Crippen LogP contribution in [0, 0.1) is 6.92 Å². The molecule has 38 heavy (non-hydrogen) atoms. The molecule has 10 heteroatoms. The number of nitrogens with zero attached hydrogens (tertiary/aromatic N) is 2. The van der Waals surface area contributed by atoms with Gasteiger partial charge in [-0.2, -0.15) is 0 Å². The number of sulfonamides is 1. The summed E-state index contributed by atoms with van der Waals surface area (Å²) in [7, 11) is -3.82. The number of carbonyl (C=O) groups is 2. The number of fused-ring (bicyclic) bond motifs is 1. The Morgan fingerprint density at radius 1 is 1.05 bits per heavy atom.